The molecule has 0 radical (unpaired) electrons. The number of hydrogen-bond acceptors (Lipinski definition) is 3. The minimum atomic E-state index is 0.814. The fourth-order valence-corrected chi connectivity index (χ4v) is 2.73. The Morgan fingerprint density at radius 1 is 1.44 bits per heavy atom. The van der Waals surface area contributed by atoms with Gasteiger partial charge in [0.15, 0.2) is 0 Å². The van der Waals surface area contributed by atoms with Crippen molar-refractivity contribution in [3.05, 3.63) is 29.3 Å². The molecule has 3 heteroatoms. The van der Waals surface area contributed by atoms with Gasteiger partial charge in [-0.05, 0) is 56.6 Å². The molecule has 1 N–H and O–H groups in total. The monoisotopic (exact) mass is 248 g/mol. The van der Waals surface area contributed by atoms with Crippen LogP contribution in [0.1, 0.15) is 17.5 Å². The molecule has 1 fully saturated rings. The van der Waals surface area contributed by atoms with Gasteiger partial charge in [-0.15, -0.1) is 0 Å². The van der Waals surface area contributed by atoms with Crippen molar-refractivity contribution in [2.75, 3.05) is 33.8 Å². The van der Waals surface area contributed by atoms with Crippen LogP contribution in [0, 0.1) is 12.8 Å². The average molecular weight is 248 g/mol. The van der Waals surface area contributed by atoms with E-state index in [1.165, 1.54) is 37.2 Å². The lowest BCUT2D eigenvalue weighted by molar-refractivity contribution is 0.278. The van der Waals surface area contributed by atoms with Crippen molar-refractivity contribution in [3.63, 3.8) is 0 Å². The number of benzene rings is 1. The fourth-order valence-electron chi connectivity index (χ4n) is 2.73. The molecule has 0 bridgehead atoms. The van der Waals surface area contributed by atoms with Gasteiger partial charge >= 0.3 is 0 Å². The molecule has 100 valence electrons. The number of rotatable bonds is 5. The molecule has 1 aromatic rings. The second-order valence-electron chi connectivity index (χ2n) is 5.36. The molecule has 1 aliphatic rings. The molecular formula is C15H24N2O. The highest BCUT2D eigenvalue weighted by molar-refractivity contribution is 5.36. The second-order valence-corrected chi connectivity index (χ2v) is 5.36. The first-order valence-electron chi connectivity index (χ1n) is 6.72. The third-order valence-electron chi connectivity index (χ3n) is 3.64. The van der Waals surface area contributed by atoms with Gasteiger partial charge in [0.2, 0.25) is 0 Å². The van der Waals surface area contributed by atoms with Gasteiger partial charge in [-0.1, -0.05) is 12.1 Å². The van der Waals surface area contributed by atoms with Crippen LogP contribution in [-0.4, -0.2) is 38.7 Å². The third kappa shape index (κ3) is 3.47. The quantitative estimate of drug-likeness (QED) is 0.863. The van der Waals surface area contributed by atoms with Crippen molar-refractivity contribution in [2.24, 2.45) is 5.92 Å². The molecule has 0 saturated carbocycles. The van der Waals surface area contributed by atoms with E-state index in [-0.39, 0.29) is 0 Å². The first-order valence-corrected chi connectivity index (χ1v) is 6.72. The van der Waals surface area contributed by atoms with Crippen LogP contribution in [0.3, 0.4) is 0 Å². The minimum Gasteiger partial charge on any atom is -0.496 e. The third-order valence-corrected chi connectivity index (χ3v) is 3.64. The molecule has 1 unspecified atom stereocenters. The van der Waals surface area contributed by atoms with Crippen LogP contribution in [0.5, 0.6) is 5.75 Å². The lowest BCUT2D eigenvalue weighted by atomic mass is 10.1. The fraction of sp³-hybridized carbons (Fsp3) is 0.600. The zero-order chi connectivity index (χ0) is 13.0. The number of methoxy groups -OCH3 is 1. The summed E-state index contributed by atoms with van der Waals surface area (Å²) in [5.41, 5.74) is 2.58. The summed E-state index contributed by atoms with van der Waals surface area (Å²) >= 11 is 0. The number of aryl methyl sites for hydroxylation is 1. The largest absolute Gasteiger partial charge is 0.496 e. The molecule has 1 aliphatic heterocycles. The van der Waals surface area contributed by atoms with Crippen molar-refractivity contribution in [1.29, 1.82) is 0 Å². The maximum Gasteiger partial charge on any atom is 0.121 e. The Kier molecular flexibility index (Phi) is 4.61. The van der Waals surface area contributed by atoms with Gasteiger partial charge < -0.3 is 15.0 Å². The number of hydrogen-bond donors (Lipinski definition) is 1. The molecule has 18 heavy (non-hydrogen) atoms. The number of ether oxygens (including phenoxy) is 1. The Balaban J connectivity index is 1.89. The first-order chi connectivity index (χ1) is 8.69. The Labute approximate surface area is 110 Å². The Morgan fingerprint density at radius 2 is 2.28 bits per heavy atom. The van der Waals surface area contributed by atoms with E-state index in [0.29, 0.717) is 0 Å². The van der Waals surface area contributed by atoms with E-state index < -0.39 is 0 Å². The SMILES string of the molecule is COc1ccc(CN(C)CC2CCNC2)cc1C. The lowest BCUT2D eigenvalue weighted by Gasteiger charge is -2.20. The maximum absolute atomic E-state index is 5.29. The number of nitrogens with zero attached hydrogens (tertiary/aromatic N) is 1. The molecule has 1 atom stereocenters. The van der Waals surface area contributed by atoms with E-state index in [2.05, 4.69) is 42.4 Å². The summed E-state index contributed by atoms with van der Waals surface area (Å²) in [6.07, 6.45) is 1.31. The standard InChI is InChI=1S/C15H24N2O/c1-12-8-13(4-5-15(12)18-3)10-17(2)11-14-6-7-16-9-14/h4-5,8,14,16H,6-7,9-11H2,1-3H3. The van der Waals surface area contributed by atoms with E-state index in [0.717, 1.165) is 18.2 Å². The summed E-state index contributed by atoms with van der Waals surface area (Å²) in [6, 6.07) is 6.45. The van der Waals surface area contributed by atoms with Crippen molar-refractivity contribution in [2.45, 2.75) is 19.9 Å². The van der Waals surface area contributed by atoms with Gasteiger partial charge in [-0.2, -0.15) is 0 Å². The molecule has 0 spiro atoms. The van der Waals surface area contributed by atoms with E-state index in [9.17, 15) is 0 Å². The van der Waals surface area contributed by atoms with Gasteiger partial charge in [0.05, 0.1) is 7.11 Å². The van der Waals surface area contributed by atoms with E-state index in [1.807, 2.05) is 0 Å². The van der Waals surface area contributed by atoms with E-state index >= 15 is 0 Å². The predicted octanol–water partition coefficient (Wildman–Crippen LogP) is 2.04. The molecular weight excluding hydrogens is 224 g/mol. The van der Waals surface area contributed by atoms with Gasteiger partial charge in [-0.3, -0.25) is 0 Å². The van der Waals surface area contributed by atoms with Crippen LogP contribution in [0.25, 0.3) is 0 Å². The lowest BCUT2D eigenvalue weighted by Crippen LogP contribution is -2.26. The topological polar surface area (TPSA) is 24.5 Å². The van der Waals surface area contributed by atoms with Crippen LogP contribution in [0.4, 0.5) is 0 Å². The highest BCUT2D eigenvalue weighted by atomic mass is 16.5. The van der Waals surface area contributed by atoms with Crippen LogP contribution in [0.2, 0.25) is 0 Å². The van der Waals surface area contributed by atoms with Gasteiger partial charge in [0.25, 0.3) is 0 Å². The smallest absolute Gasteiger partial charge is 0.121 e. The molecule has 2 rings (SSSR count). The van der Waals surface area contributed by atoms with E-state index in [1.54, 1.807) is 7.11 Å². The molecule has 0 aliphatic carbocycles. The summed E-state index contributed by atoms with van der Waals surface area (Å²) in [5.74, 6) is 1.79. The van der Waals surface area contributed by atoms with Gasteiger partial charge in [0.1, 0.15) is 5.75 Å². The van der Waals surface area contributed by atoms with Crippen molar-refractivity contribution >= 4 is 0 Å². The summed E-state index contributed by atoms with van der Waals surface area (Å²) in [4.78, 5) is 2.42. The maximum atomic E-state index is 5.29. The van der Waals surface area contributed by atoms with Crippen LogP contribution in [-0.2, 0) is 6.54 Å². The average Bonchev–Trinajstić information content (AvgIpc) is 2.82. The highest BCUT2D eigenvalue weighted by Crippen LogP contribution is 2.19. The van der Waals surface area contributed by atoms with Gasteiger partial charge in [-0.25, -0.2) is 0 Å². The van der Waals surface area contributed by atoms with Crippen LogP contribution >= 0.6 is 0 Å². The zero-order valence-corrected chi connectivity index (χ0v) is 11.7. The van der Waals surface area contributed by atoms with E-state index in [4.69, 9.17) is 4.74 Å². The van der Waals surface area contributed by atoms with Crippen molar-refractivity contribution < 1.29 is 4.74 Å². The summed E-state index contributed by atoms with van der Waals surface area (Å²) in [5, 5.41) is 3.42. The molecule has 3 nitrogen and oxygen atoms in total. The predicted molar refractivity (Wildman–Crippen MR) is 75.0 cm³/mol. The van der Waals surface area contributed by atoms with Crippen molar-refractivity contribution in [1.82, 2.24) is 10.2 Å². The Bertz CT molecular complexity index is 386. The second kappa shape index (κ2) is 6.21. The molecule has 0 amide bonds. The number of nitrogens with one attached hydrogen (secondary N) is 1. The Hall–Kier alpha value is -1.06. The van der Waals surface area contributed by atoms with Crippen molar-refractivity contribution in [3.8, 4) is 5.75 Å². The molecule has 1 heterocycles. The Morgan fingerprint density at radius 3 is 2.89 bits per heavy atom. The minimum absolute atomic E-state index is 0.814. The molecule has 1 saturated heterocycles. The van der Waals surface area contributed by atoms with Crippen LogP contribution < -0.4 is 10.1 Å². The zero-order valence-electron chi connectivity index (χ0n) is 11.7. The van der Waals surface area contributed by atoms with Crippen LogP contribution in [0.15, 0.2) is 18.2 Å². The molecule has 1 aromatic carbocycles. The highest BCUT2D eigenvalue weighted by Gasteiger charge is 2.16. The molecule has 0 aromatic heterocycles. The van der Waals surface area contributed by atoms with Gasteiger partial charge in [0, 0.05) is 13.1 Å². The summed E-state index contributed by atoms with van der Waals surface area (Å²) in [7, 11) is 3.93. The summed E-state index contributed by atoms with van der Waals surface area (Å²) in [6.45, 7) is 6.65. The first kappa shape index (κ1) is 13.4. The summed E-state index contributed by atoms with van der Waals surface area (Å²) < 4.78 is 5.29. The normalized spacial score (nSPS) is 19.4.